The molecule has 4 nitrogen and oxygen atoms in total. The molecule has 2 aromatic heterocycles. The quantitative estimate of drug-likeness (QED) is 0.740. The van der Waals surface area contributed by atoms with Gasteiger partial charge >= 0.3 is 0 Å². The van der Waals surface area contributed by atoms with Crippen molar-refractivity contribution in [3.63, 3.8) is 0 Å². The Morgan fingerprint density at radius 1 is 1.06 bits per heavy atom. The molecule has 0 aliphatic rings. The Balaban J connectivity index is 2.07. The van der Waals surface area contributed by atoms with Crippen LogP contribution in [-0.4, -0.2) is 15.0 Å². The van der Waals surface area contributed by atoms with E-state index in [2.05, 4.69) is 15.0 Å². The summed E-state index contributed by atoms with van der Waals surface area (Å²) < 4.78 is 0. The third-order valence-electron chi connectivity index (χ3n) is 2.75. The topological polar surface area (TPSA) is 58.6 Å². The molecule has 0 saturated carbocycles. The average Bonchev–Trinajstić information content (AvgIpc) is 2.41. The van der Waals surface area contributed by atoms with Gasteiger partial charge in [-0.15, -0.1) is 0 Å². The summed E-state index contributed by atoms with van der Waals surface area (Å²) in [6.07, 6.45) is 2.18. The maximum absolute atomic E-state index is 11.9. The Kier molecular flexibility index (Phi) is 2.61. The van der Waals surface area contributed by atoms with E-state index >= 15 is 0 Å². The van der Waals surface area contributed by atoms with Crippen molar-refractivity contribution in [2.24, 2.45) is 0 Å². The number of nitrogens with one attached hydrogen (secondary N) is 1. The molecular formula is C14H11N3O. The Labute approximate surface area is 103 Å². The van der Waals surface area contributed by atoms with Crippen LogP contribution in [0.4, 0.5) is 0 Å². The molecule has 3 rings (SSSR count). The van der Waals surface area contributed by atoms with Crippen LogP contribution in [0.2, 0.25) is 0 Å². The number of rotatable bonds is 2. The fraction of sp³-hybridized carbons (Fsp3) is 0.0714. The fourth-order valence-corrected chi connectivity index (χ4v) is 1.87. The molecule has 0 aliphatic heterocycles. The lowest BCUT2D eigenvalue weighted by Gasteiger charge is -2.01. The van der Waals surface area contributed by atoms with Crippen molar-refractivity contribution in [3.8, 4) is 0 Å². The van der Waals surface area contributed by atoms with E-state index in [1.807, 2.05) is 30.3 Å². The Morgan fingerprint density at radius 2 is 1.89 bits per heavy atom. The van der Waals surface area contributed by atoms with E-state index in [9.17, 15) is 4.79 Å². The van der Waals surface area contributed by atoms with Crippen molar-refractivity contribution >= 4 is 11.2 Å². The zero-order valence-corrected chi connectivity index (χ0v) is 9.63. The zero-order valence-electron chi connectivity index (χ0n) is 9.63. The minimum atomic E-state index is -0.153. The van der Waals surface area contributed by atoms with Gasteiger partial charge in [-0.2, -0.15) is 0 Å². The van der Waals surface area contributed by atoms with Crippen molar-refractivity contribution < 1.29 is 0 Å². The molecule has 3 aromatic rings. The van der Waals surface area contributed by atoms with Crippen LogP contribution in [0.1, 0.15) is 11.3 Å². The lowest BCUT2D eigenvalue weighted by Crippen LogP contribution is -2.15. The van der Waals surface area contributed by atoms with Gasteiger partial charge in [-0.05, 0) is 17.7 Å². The highest BCUT2D eigenvalue weighted by atomic mass is 16.1. The van der Waals surface area contributed by atoms with Gasteiger partial charge in [-0.3, -0.25) is 4.79 Å². The van der Waals surface area contributed by atoms with E-state index in [-0.39, 0.29) is 5.56 Å². The highest BCUT2D eigenvalue weighted by Crippen LogP contribution is 2.07. The van der Waals surface area contributed by atoms with E-state index in [0.717, 1.165) is 5.56 Å². The molecule has 0 bridgehead atoms. The van der Waals surface area contributed by atoms with Crippen molar-refractivity contribution in [2.75, 3.05) is 0 Å². The Hall–Kier alpha value is -2.49. The largest absolute Gasteiger partial charge is 0.318 e. The molecule has 2 heterocycles. The average molecular weight is 237 g/mol. The summed E-state index contributed by atoms with van der Waals surface area (Å²) in [5.74, 6) is 0. The highest BCUT2D eigenvalue weighted by molar-refractivity contribution is 5.68. The van der Waals surface area contributed by atoms with Crippen molar-refractivity contribution in [1.82, 2.24) is 15.0 Å². The summed E-state index contributed by atoms with van der Waals surface area (Å²) in [6.45, 7) is 0. The van der Waals surface area contributed by atoms with E-state index in [0.29, 0.717) is 23.3 Å². The molecule has 0 saturated heterocycles. The number of aromatic amines is 1. The molecule has 0 spiro atoms. The monoisotopic (exact) mass is 237 g/mol. The number of aromatic nitrogens is 3. The minimum Gasteiger partial charge on any atom is -0.318 e. The summed E-state index contributed by atoms with van der Waals surface area (Å²) in [4.78, 5) is 23.1. The van der Waals surface area contributed by atoms with Crippen LogP contribution < -0.4 is 5.56 Å². The first-order valence-corrected chi connectivity index (χ1v) is 5.71. The number of hydrogen-bond donors (Lipinski definition) is 1. The first-order valence-electron chi connectivity index (χ1n) is 5.71. The molecule has 1 aromatic carbocycles. The van der Waals surface area contributed by atoms with E-state index in [1.54, 1.807) is 18.3 Å². The molecule has 0 aliphatic carbocycles. The first-order chi connectivity index (χ1) is 8.83. The van der Waals surface area contributed by atoms with Crippen molar-refractivity contribution in [3.05, 3.63) is 70.3 Å². The summed E-state index contributed by atoms with van der Waals surface area (Å²) in [5.41, 5.74) is 2.64. The second-order valence-electron chi connectivity index (χ2n) is 4.05. The minimum absolute atomic E-state index is 0.153. The molecule has 1 N–H and O–H groups in total. The summed E-state index contributed by atoms with van der Waals surface area (Å²) in [6, 6.07) is 13.4. The maximum atomic E-state index is 11.9. The molecule has 0 radical (unpaired) electrons. The number of nitrogens with zero attached hydrogens (tertiary/aromatic N) is 2. The van der Waals surface area contributed by atoms with Gasteiger partial charge in [0.15, 0.2) is 5.65 Å². The first kappa shape index (κ1) is 10.7. The molecular weight excluding hydrogens is 226 g/mol. The number of H-pyrrole nitrogens is 1. The second kappa shape index (κ2) is 4.41. The van der Waals surface area contributed by atoms with Gasteiger partial charge in [-0.25, -0.2) is 9.97 Å². The lowest BCUT2D eigenvalue weighted by molar-refractivity contribution is 1.02. The third kappa shape index (κ3) is 2.00. The second-order valence-corrected chi connectivity index (χ2v) is 4.05. The number of hydrogen-bond acceptors (Lipinski definition) is 3. The number of pyridine rings is 1. The van der Waals surface area contributed by atoms with Gasteiger partial charge in [0.05, 0.1) is 5.52 Å². The van der Waals surface area contributed by atoms with Gasteiger partial charge in [-0.1, -0.05) is 30.3 Å². The molecule has 0 unspecified atom stereocenters. The van der Waals surface area contributed by atoms with Crippen LogP contribution in [0.25, 0.3) is 11.2 Å². The third-order valence-corrected chi connectivity index (χ3v) is 2.75. The standard InChI is InChI=1S/C14H11N3O/c18-14-12(9-10-5-2-1-3-6-10)16-13-11(17-14)7-4-8-15-13/h1-8H,9H2,(H,17,18). The van der Waals surface area contributed by atoms with Crippen molar-refractivity contribution in [1.29, 1.82) is 0 Å². The predicted octanol–water partition coefficient (Wildman–Crippen LogP) is 1.91. The lowest BCUT2D eigenvalue weighted by atomic mass is 10.1. The summed E-state index contributed by atoms with van der Waals surface area (Å²) in [7, 11) is 0. The van der Waals surface area contributed by atoms with Gasteiger partial charge in [0.25, 0.3) is 5.56 Å². The Morgan fingerprint density at radius 3 is 2.72 bits per heavy atom. The van der Waals surface area contributed by atoms with Crippen LogP contribution >= 0.6 is 0 Å². The van der Waals surface area contributed by atoms with Crippen LogP contribution in [0, 0.1) is 0 Å². The van der Waals surface area contributed by atoms with Crippen LogP contribution in [0.3, 0.4) is 0 Å². The van der Waals surface area contributed by atoms with Crippen LogP contribution in [0.5, 0.6) is 0 Å². The van der Waals surface area contributed by atoms with Gasteiger partial charge in [0, 0.05) is 12.6 Å². The molecule has 0 fully saturated rings. The van der Waals surface area contributed by atoms with Crippen molar-refractivity contribution in [2.45, 2.75) is 6.42 Å². The number of benzene rings is 1. The highest BCUT2D eigenvalue weighted by Gasteiger charge is 2.05. The van der Waals surface area contributed by atoms with E-state index < -0.39 is 0 Å². The van der Waals surface area contributed by atoms with Gasteiger partial charge in [0.2, 0.25) is 0 Å². The van der Waals surface area contributed by atoms with Crippen LogP contribution in [0.15, 0.2) is 53.5 Å². The molecule has 18 heavy (non-hydrogen) atoms. The molecule has 0 amide bonds. The predicted molar refractivity (Wildman–Crippen MR) is 69.4 cm³/mol. The summed E-state index contributed by atoms with van der Waals surface area (Å²) in [5, 5.41) is 0. The van der Waals surface area contributed by atoms with Crippen LogP contribution in [-0.2, 0) is 6.42 Å². The molecule has 88 valence electrons. The van der Waals surface area contributed by atoms with Gasteiger partial charge < -0.3 is 4.98 Å². The smallest absolute Gasteiger partial charge is 0.270 e. The summed E-state index contributed by atoms with van der Waals surface area (Å²) >= 11 is 0. The van der Waals surface area contributed by atoms with E-state index in [4.69, 9.17) is 0 Å². The zero-order chi connectivity index (χ0) is 12.4. The molecule has 0 atom stereocenters. The SMILES string of the molecule is O=c1[nH]c2cccnc2nc1Cc1ccccc1. The maximum Gasteiger partial charge on any atom is 0.270 e. The Bertz CT molecular complexity index is 735. The van der Waals surface area contributed by atoms with Gasteiger partial charge in [0.1, 0.15) is 5.69 Å². The number of fused-ring (bicyclic) bond motifs is 1. The fourth-order valence-electron chi connectivity index (χ4n) is 1.87. The normalized spacial score (nSPS) is 10.7. The van der Waals surface area contributed by atoms with E-state index in [1.165, 1.54) is 0 Å². The molecule has 4 heteroatoms.